The number of hydrogen-bond donors (Lipinski definition) is 2. The Hall–Kier alpha value is -3.80. The molecule has 2 N–H and O–H groups in total. The molecule has 34 heavy (non-hydrogen) atoms. The summed E-state index contributed by atoms with van der Waals surface area (Å²) in [5.41, 5.74) is 5.69. The van der Waals surface area contributed by atoms with Gasteiger partial charge in [0.25, 0.3) is 0 Å². The molecule has 0 aliphatic carbocycles. The van der Waals surface area contributed by atoms with E-state index in [1.54, 1.807) is 19.2 Å². The largest absolute Gasteiger partial charge is 0.497 e. The van der Waals surface area contributed by atoms with Crippen molar-refractivity contribution in [1.29, 1.82) is 0 Å². The second kappa shape index (κ2) is 9.59. The lowest BCUT2D eigenvalue weighted by atomic mass is 10.0. The molecular formula is C27H20Cl2N2O3. The van der Waals surface area contributed by atoms with Crippen LogP contribution < -0.4 is 10.1 Å². The van der Waals surface area contributed by atoms with Crippen molar-refractivity contribution in [3.63, 3.8) is 0 Å². The highest BCUT2D eigenvalue weighted by molar-refractivity contribution is 6.31. The molecule has 1 aromatic heterocycles. The number of nitrogens with one attached hydrogen (secondary N) is 1. The van der Waals surface area contributed by atoms with Crippen LogP contribution in [0.25, 0.3) is 32.9 Å². The van der Waals surface area contributed by atoms with Gasteiger partial charge < -0.3 is 15.2 Å². The first kappa shape index (κ1) is 23.4. The Morgan fingerprint density at radius 2 is 1.53 bits per heavy atom. The van der Waals surface area contributed by atoms with Crippen LogP contribution in [-0.2, 0) is 0 Å². The molecule has 5 nitrogen and oxygen atoms in total. The van der Waals surface area contributed by atoms with Crippen LogP contribution in [0.4, 0.5) is 11.4 Å². The molecule has 5 aromatic rings. The van der Waals surface area contributed by atoms with Crippen molar-refractivity contribution in [1.82, 2.24) is 4.98 Å². The van der Waals surface area contributed by atoms with Gasteiger partial charge in [-0.3, -0.25) is 0 Å². The van der Waals surface area contributed by atoms with Crippen molar-refractivity contribution in [3.8, 4) is 16.9 Å². The average molecular weight is 491 g/mol. The van der Waals surface area contributed by atoms with Gasteiger partial charge in [-0.05, 0) is 65.7 Å². The van der Waals surface area contributed by atoms with Crippen LogP contribution in [0.15, 0.2) is 84.9 Å². The Labute approximate surface area is 207 Å². The molecule has 5 rings (SSSR count). The van der Waals surface area contributed by atoms with Crippen LogP contribution in [0.2, 0.25) is 5.02 Å². The number of benzene rings is 4. The number of halogens is 2. The van der Waals surface area contributed by atoms with E-state index in [0.717, 1.165) is 50.1 Å². The molecule has 170 valence electrons. The Bertz CT molecular complexity index is 1500. The van der Waals surface area contributed by atoms with Crippen molar-refractivity contribution in [2.45, 2.75) is 0 Å². The van der Waals surface area contributed by atoms with Crippen LogP contribution in [-0.4, -0.2) is 23.2 Å². The summed E-state index contributed by atoms with van der Waals surface area (Å²) in [6, 6.07) is 26.3. The van der Waals surface area contributed by atoms with Gasteiger partial charge in [0, 0.05) is 27.5 Å². The molecule has 7 heteroatoms. The Kier molecular flexibility index (Phi) is 6.59. The van der Waals surface area contributed by atoms with E-state index < -0.39 is 5.97 Å². The lowest BCUT2D eigenvalue weighted by Gasteiger charge is -2.15. The summed E-state index contributed by atoms with van der Waals surface area (Å²) < 4.78 is 5.37. The molecule has 0 saturated heterocycles. The predicted molar refractivity (Wildman–Crippen MR) is 140 cm³/mol. The van der Waals surface area contributed by atoms with Gasteiger partial charge >= 0.3 is 5.97 Å². The normalized spacial score (nSPS) is 10.6. The van der Waals surface area contributed by atoms with Gasteiger partial charge in [0.15, 0.2) is 0 Å². The monoisotopic (exact) mass is 490 g/mol. The summed E-state index contributed by atoms with van der Waals surface area (Å²) in [6.45, 7) is 0. The van der Waals surface area contributed by atoms with Gasteiger partial charge in [-0.2, -0.15) is 0 Å². The van der Waals surface area contributed by atoms with Crippen LogP contribution in [0, 0.1) is 0 Å². The van der Waals surface area contributed by atoms with Crippen LogP contribution >= 0.6 is 24.0 Å². The minimum absolute atomic E-state index is 0. The highest BCUT2D eigenvalue weighted by Crippen LogP contribution is 2.36. The maximum absolute atomic E-state index is 11.1. The standard InChI is InChI=1S/C27H19ClN2O3.ClH/c1-33-21-11-12-22-25(15-21)30-24-13-8-19(28)14-23(24)26(22)29-20-9-6-17(7-10-20)16-2-4-18(5-3-16)27(31)32;/h2-15H,1H3,(H,29,30)(H,31,32);1H. The summed E-state index contributed by atoms with van der Waals surface area (Å²) in [5.74, 6) is -0.192. The van der Waals surface area contributed by atoms with Gasteiger partial charge in [-0.25, -0.2) is 9.78 Å². The highest BCUT2D eigenvalue weighted by atomic mass is 35.5. The van der Waals surface area contributed by atoms with E-state index in [1.165, 1.54) is 0 Å². The fourth-order valence-corrected chi connectivity index (χ4v) is 4.03. The van der Waals surface area contributed by atoms with E-state index in [9.17, 15) is 4.79 Å². The first-order valence-electron chi connectivity index (χ1n) is 10.3. The zero-order valence-corrected chi connectivity index (χ0v) is 19.7. The molecule has 0 spiro atoms. The summed E-state index contributed by atoms with van der Waals surface area (Å²) in [4.78, 5) is 15.9. The zero-order valence-electron chi connectivity index (χ0n) is 18.1. The van der Waals surface area contributed by atoms with Gasteiger partial charge in [0.1, 0.15) is 5.75 Å². The van der Waals surface area contributed by atoms with E-state index in [1.807, 2.05) is 72.8 Å². The molecule has 0 bridgehead atoms. The number of methoxy groups -OCH3 is 1. The van der Waals surface area contributed by atoms with Gasteiger partial charge in [0.05, 0.1) is 29.4 Å². The number of anilines is 2. The Morgan fingerprint density at radius 3 is 2.18 bits per heavy atom. The zero-order chi connectivity index (χ0) is 22.9. The number of fused-ring (bicyclic) bond motifs is 2. The lowest BCUT2D eigenvalue weighted by molar-refractivity contribution is 0.0697. The summed E-state index contributed by atoms with van der Waals surface area (Å²) in [5, 5.41) is 15.2. The second-order valence-corrected chi connectivity index (χ2v) is 8.05. The van der Waals surface area contributed by atoms with Crippen molar-refractivity contribution in [3.05, 3.63) is 95.5 Å². The van der Waals surface area contributed by atoms with Crippen LogP contribution in [0.1, 0.15) is 10.4 Å². The molecule has 0 aliphatic rings. The number of rotatable bonds is 5. The van der Waals surface area contributed by atoms with Crippen molar-refractivity contribution >= 4 is 63.2 Å². The quantitative estimate of drug-likeness (QED) is 0.248. The van der Waals surface area contributed by atoms with Gasteiger partial charge in [-0.15, -0.1) is 12.4 Å². The Morgan fingerprint density at radius 1 is 0.853 bits per heavy atom. The van der Waals surface area contributed by atoms with Crippen LogP contribution in [0.3, 0.4) is 0 Å². The fraction of sp³-hybridized carbons (Fsp3) is 0.0370. The lowest BCUT2D eigenvalue weighted by Crippen LogP contribution is -1.96. The van der Waals surface area contributed by atoms with E-state index in [4.69, 9.17) is 26.4 Å². The molecule has 1 heterocycles. The number of carbonyl (C=O) groups is 1. The van der Waals surface area contributed by atoms with Crippen molar-refractivity contribution in [2.24, 2.45) is 0 Å². The van der Waals surface area contributed by atoms with Gasteiger partial charge in [-0.1, -0.05) is 35.9 Å². The topological polar surface area (TPSA) is 71.5 Å². The first-order chi connectivity index (χ1) is 16.0. The second-order valence-electron chi connectivity index (χ2n) is 7.62. The van der Waals surface area contributed by atoms with Crippen molar-refractivity contribution < 1.29 is 14.6 Å². The maximum Gasteiger partial charge on any atom is 0.335 e. The highest BCUT2D eigenvalue weighted by Gasteiger charge is 2.12. The Balaban J connectivity index is 0.00000274. The SMILES string of the molecule is COc1ccc2c(Nc3ccc(-c4ccc(C(=O)O)cc4)cc3)c3cc(Cl)ccc3nc2c1.Cl. The predicted octanol–water partition coefficient (Wildman–Crippen LogP) is 7.58. The minimum atomic E-state index is -0.935. The summed E-state index contributed by atoms with van der Waals surface area (Å²) in [6.07, 6.45) is 0. The number of nitrogens with zero attached hydrogens (tertiary/aromatic N) is 1. The number of pyridine rings is 1. The molecule has 4 aromatic carbocycles. The van der Waals surface area contributed by atoms with E-state index in [2.05, 4.69) is 5.32 Å². The molecule has 0 unspecified atom stereocenters. The molecule has 0 amide bonds. The molecule has 0 radical (unpaired) electrons. The van der Waals surface area contributed by atoms with Crippen molar-refractivity contribution in [2.75, 3.05) is 12.4 Å². The number of carboxylic acid groups (broad SMARTS) is 1. The number of carboxylic acids is 1. The van der Waals surface area contributed by atoms with E-state index in [0.29, 0.717) is 5.02 Å². The minimum Gasteiger partial charge on any atom is -0.497 e. The third-order valence-electron chi connectivity index (χ3n) is 5.56. The molecule has 0 atom stereocenters. The van der Waals surface area contributed by atoms with Crippen LogP contribution in [0.5, 0.6) is 5.75 Å². The molecule has 0 fully saturated rings. The van der Waals surface area contributed by atoms with E-state index in [-0.39, 0.29) is 18.0 Å². The maximum atomic E-state index is 11.1. The summed E-state index contributed by atoms with van der Waals surface area (Å²) in [7, 11) is 1.64. The number of ether oxygens (including phenoxy) is 1. The fourth-order valence-electron chi connectivity index (χ4n) is 3.85. The third-order valence-corrected chi connectivity index (χ3v) is 5.80. The van der Waals surface area contributed by atoms with Gasteiger partial charge in [0.2, 0.25) is 0 Å². The first-order valence-corrected chi connectivity index (χ1v) is 10.7. The number of hydrogen-bond acceptors (Lipinski definition) is 4. The number of aromatic nitrogens is 1. The molecular weight excluding hydrogens is 471 g/mol. The molecule has 0 aliphatic heterocycles. The number of aromatic carboxylic acids is 1. The molecule has 0 saturated carbocycles. The third kappa shape index (κ3) is 4.49. The smallest absolute Gasteiger partial charge is 0.335 e. The summed E-state index contributed by atoms with van der Waals surface area (Å²) >= 11 is 6.30. The van der Waals surface area contributed by atoms with E-state index >= 15 is 0 Å². The average Bonchev–Trinajstić information content (AvgIpc) is 2.84.